The van der Waals surface area contributed by atoms with Gasteiger partial charge in [0.1, 0.15) is 6.04 Å². The first-order valence-corrected chi connectivity index (χ1v) is 6.19. The molecule has 0 spiro atoms. The summed E-state index contributed by atoms with van der Waals surface area (Å²) in [5.41, 5.74) is 5.37. The Morgan fingerprint density at radius 2 is 2.00 bits per heavy atom. The second-order valence-corrected chi connectivity index (χ2v) is 5.40. The van der Waals surface area contributed by atoms with Gasteiger partial charge in [0.05, 0.1) is 0 Å². The van der Waals surface area contributed by atoms with Gasteiger partial charge in [0.25, 0.3) is 0 Å². The van der Waals surface area contributed by atoms with Crippen molar-refractivity contribution in [3.63, 3.8) is 0 Å². The van der Waals surface area contributed by atoms with Crippen molar-refractivity contribution in [1.82, 2.24) is 0 Å². The zero-order valence-corrected chi connectivity index (χ0v) is 9.85. The summed E-state index contributed by atoms with van der Waals surface area (Å²) in [5, 5.41) is 9.22. The number of carboxylic acids is 1. The van der Waals surface area contributed by atoms with Crippen molar-refractivity contribution in [1.29, 1.82) is 0 Å². The molecule has 0 radical (unpaired) electrons. The fraction of sp³-hybridized carbons (Fsp3) is 0.900. The first-order chi connectivity index (χ1) is 6.54. The maximum atomic E-state index is 10.4. The van der Waals surface area contributed by atoms with Crippen molar-refractivity contribution in [3.05, 3.63) is 0 Å². The lowest BCUT2D eigenvalue weighted by Crippen LogP contribution is -2.29. The van der Waals surface area contributed by atoms with Crippen molar-refractivity contribution in [2.75, 3.05) is 5.75 Å². The first kappa shape index (κ1) is 13.8. The molecule has 0 heterocycles. The highest BCUT2D eigenvalue weighted by Gasteiger charge is 2.09. The van der Waals surface area contributed by atoms with E-state index in [0.717, 1.165) is 19.3 Å². The predicted molar refractivity (Wildman–Crippen MR) is 61.7 cm³/mol. The van der Waals surface area contributed by atoms with Crippen LogP contribution in [-0.4, -0.2) is 28.1 Å². The second kappa shape index (κ2) is 8.12. The largest absolute Gasteiger partial charge is 0.480 e. The van der Waals surface area contributed by atoms with Gasteiger partial charge in [0.2, 0.25) is 0 Å². The molecule has 3 N–H and O–H groups in total. The molecule has 0 aromatic heterocycles. The second-order valence-electron chi connectivity index (χ2n) is 3.71. The monoisotopic (exact) mass is 219 g/mol. The summed E-state index contributed by atoms with van der Waals surface area (Å²) in [4.78, 5) is 10.4. The number of rotatable bonds is 8. The minimum absolute atomic E-state index is 0.599. The van der Waals surface area contributed by atoms with Gasteiger partial charge in [-0.3, -0.25) is 4.79 Å². The maximum Gasteiger partial charge on any atom is 0.320 e. The van der Waals surface area contributed by atoms with Crippen LogP contribution < -0.4 is 5.73 Å². The molecule has 3 nitrogen and oxygen atoms in total. The van der Waals surface area contributed by atoms with Crippen LogP contribution >= 0.6 is 11.8 Å². The van der Waals surface area contributed by atoms with Crippen LogP contribution in [0.4, 0.5) is 0 Å². The van der Waals surface area contributed by atoms with E-state index < -0.39 is 12.0 Å². The topological polar surface area (TPSA) is 63.3 Å². The van der Waals surface area contributed by atoms with Gasteiger partial charge in [-0.15, -0.1) is 0 Å². The Balaban J connectivity index is 3.17. The minimum Gasteiger partial charge on any atom is -0.480 e. The lowest BCUT2D eigenvalue weighted by atomic mass is 10.1. The van der Waals surface area contributed by atoms with Crippen molar-refractivity contribution < 1.29 is 9.90 Å². The number of thioether (sulfide) groups is 1. The quantitative estimate of drug-likeness (QED) is 0.614. The Morgan fingerprint density at radius 1 is 1.36 bits per heavy atom. The predicted octanol–water partition coefficient (Wildman–Crippen LogP) is 2.10. The summed E-state index contributed by atoms with van der Waals surface area (Å²) in [5.74, 6) is 0.279. The molecule has 0 rings (SSSR count). The zero-order chi connectivity index (χ0) is 11.0. The first-order valence-electron chi connectivity index (χ1n) is 5.14. The van der Waals surface area contributed by atoms with Crippen LogP contribution in [0.2, 0.25) is 0 Å². The molecule has 14 heavy (non-hydrogen) atoms. The number of hydrogen-bond donors (Lipinski definition) is 2. The van der Waals surface area contributed by atoms with Crippen molar-refractivity contribution in [2.24, 2.45) is 5.73 Å². The van der Waals surface area contributed by atoms with Crippen LogP contribution in [0.25, 0.3) is 0 Å². The van der Waals surface area contributed by atoms with E-state index in [2.05, 4.69) is 13.8 Å². The lowest BCUT2D eigenvalue weighted by Gasteiger charge is -2.06. The molecule has 84 valence electrons. The highest BCUT2D eigenvalue weighted by molar-refractivity contribution is 7.99. The van der Waals surface area contributed by atoms with E-state index in [1.54, 1.807) is 0 Å². The average molecular weight is 219 g/mol. The highest BCUT2D eigenvalue weighted by Crippen LogP contribution is 2.13. The Hall–Kier alpha value is -0.220. The third-order valence-corrected chi connectivity index (χ3v) is 3.12. The molecule has 1 unspecified atom stereocenters. The van der Waals surface area contributed by atoms with E-state index >= 15 is 0 Å². The smallest absolute Gasteiger partial charge is 0.320 e. The van der Waals surface area contributed by atoms with E-state index in [-0.39, 0.29) is 0 Å². The summed E-state index contributed by atoms with van der Waals surface area (Å²) in [6.45, 7) is 4.37. The Kier molecular flexibility index (Phi) is 7.99. The summed E-state index contributed by atoms with van der Waals surface area (Å²) in [7, 11) is 0. The van der Waals surface area contributed by atoms with Crippen LogP contribution in [0.5, 0.6) is 0 Å². The molecule has 0 fully saturated rings. The summed E-state index contributed by atoms with van der Waals surface area (Å²) in [6, 6.07) is -0.673. The van der Waals surface area contributed by atoms with Gasteiger partial charge in [0.15, 0.2) is 0 Å². The molecule has 0 bridgehead atoms. The minimum atomic E-state index is -0.887. The van der Waals surface area contributed by atoms with Gasteiger partial charge in [-0.2, -0.15) is 11.8 Å². The third kappa shape index (κ3) is 8.38. The van der Waals surface area contributed by atoms with Crippen LogP contribution in [0.3, 0.4) is 0 Å². The number of hydrogen-bond acceptors (Lipinski definition) is 3. The van der Waals surface area contributed by atoms with Crippen molar-refractivity contribution >= 4 is 17.7 Å². The molecule has 0 aromatic carbocycles. The molecule has 0 saturated carbocycles. The Bertz CT molecular complexity index is 162. The Labute approximate surface area is 90.4 Å². The number of unbranched alkanes of at least 4 members (excludes halogenated alkanes) is 2. The molecular formula is C10H21NO2S. The summed E-state index contributed by atoms with van der Waals surface area (Å²) in [6.07, 6.45) is 3.77. The molecule has 0 amide bonds. The van der Waals surface area contributed by atoms with E-state index in [1.165, 1.54) is 5.75 Å². The molecule has 1 atom stereocenters. The molecule has 4 heteroatoms. The number of nitrogens with two attached hydrogens (primary N) is 1. The van der Waals surface area contributed by atoms with E-state index in [4.69, 9.17) is 10.8 Å². The zero-order valence-electron chi connectivity index (χ0n) is 9.03. The van der Waals surface area contributed by atoms with Gasteiger partial charge in [0, 0.05) is 0 Å². The van der Waals surface area contributed by atoms with Crippen LogP contribution in [-0.2, 0) is 4.79 Å². The summed E-state index contributed by atoms with van der Waals surface area (Å²) >= 11 is 1.95. The SMILES string of the molecule is CC(C)SCCCCCC(N)C(=O)O. The van der Waals surface area contributed by atoms with Gasteiger partial charge in [-0.05, 0) is 23.8 Å². The molecular weight excluding hydrogens is 198 g/mol. The van der Waals surface area contributed by atoms with E-state index in [9.17, 15) is 4.79 Å². The van der Waals surface area contributed by atoms with Gasteiger partial charge in [-0.1, -0.05) is 26.7 Å². The van der Waals surface area contributed by atoms with Crippen LogP contribution in [0.1, 0.15) is 39.5 Å². The van der Waals surface area contributed by atoms with Crippen LogP contribution in [0.15, 0.2) is 0 Å². The average Bonchev–Trinajstić information content (AvgIpc) is 2.09. The van der Waals surface area contributed by atoms with Crippen molar-refractivity contribution in [2.45, 2.75) is 50.8 Å². The van der Waals surface area contributed by atoms with E-state index in [0.29, 0.717) is 11.7 Å². The standard InChI is InChI=1S/C10H21NO2S/c1-8(2)14-7-5-3-4-6-9(11)10(12)13/h8-9H,3-7,11H2,1-2H3,(H,12,13). The molecule has 0 aromatic rings. The number of carbonyl (C=O) groups is 1. The van der Waals surface area contributed by atoms with Gasteiger partial charge < -0.3 is 10.8 Å². The molecule has 0 aliphatic rings. The van der Waals surface area contributed by atoms with Crippen molar-refractivity contribution in [3.8, 4) is 0 Å². The van der Waals surface area contributed by atoms with E-state index in [1.807, 2.05) is 11.8 Å². The molecule has 0 aliphatic carbocycles. The third-order valence-electron chi connectivity index (χ3n) is 1.93. The Morgan fingerprint density at radius 3 is 2.50 bits per heavy atom. The maximum absolute atomic E-state index is 10.4. The highest BCUT2D eigenvalue weighted by atomic mass is 32.2. The fourth-order valence-corrected chi connectivity index (χ4v) is 1.93. The normalized spacial score (nSPS) is 13.1. The fourth-order valence-electron chi connectivity index (χ4n) is 1.09. The molecule has 0 aliphatic heterocycles. The van der Waals surface area contributed by atoms with Crippen LogP contribution in [0, 0.1) is 0 Å². The van der Waals surface area contributed by atoms with Gasteiger partial charge >= 0.3 is 5.97 Å². The molecule has 0 saturated heterocycles. The summed E-state index contributed by atoms with van der Waals surface area (Å²) < 4.78 is 0. The lowest BCUT2D eigenvalue weighted by molar-refractivity contribution is -0.138. The number of carboxylic acid groups (broad SMARTS) is 1. The van der Waals surface area contributed by atoms with Gasteiger partial charge in [-0.25, -0.2) is 0 Å². The number of aliphatic carboxylic acids is 1.